The highest BCUT2D eigenvalue weighted by Crippen LogP contribution is 2.25. The Hall–Kier alpha value is -1.47. The highest BCUT2D eigenvalue weighted by Gasteiger charge is 2.42. The van der Waals surface area contributed by atoms with E-state index >= 15 is 0 Å². The summed E-state index contributed by atoms with van der Waals surface area (Å²) in [4.78, 5) is 11.7. The van der Waals surface area contributed by atoms with Crippen molar-refractivity contribution in [3.63, 3.8) is 0 Å². The van der Waals surface area contributed by atoms with Crippen molar-refractivity contribution in [1.82, 2.24) is 10.6 Å². The fourth-order valence-electron chi connectivity index (χ4n) is 2.03. The lowest BCUT2D eigenvalue weighted by Crippen LogP contribution is -2.40. The van der Waals surface area contributed by atoms with Gasteiger partial charge in [0.2, 0.25) is 5.91 Å². The largest absolute Gasteiger partial charge is 0.494 e. The van der Waals surface area contributed by atoms with Crippen molar-refractivity contribution in [1.29, 1.82) is 0 Å². The first-order valence-electron chi connectivity index (χ1n) is 6.12. The number of hydrogen-bond donors (Lipinski definition) is 2. The standard InChI is InChI=1S/C13H15F3N2O2.ClH/c1-20-11-3-2-8(4-9(11)14)6-17-12(19)10-5-13(15,16)7-18-10;/h2-4,10,18H,5-7H2,1H3,(H,17,19);1H. The Morgan fingerprint density at radius 2 is 2.24 bits per heavy atom. The average Bonchev–Trinajstić information content (AvgIpc) is 2.76. The molecule has 1 aromatic rings. The molecule has 1 aliphatic rings. The Morgan fingerprint density at radius 1 is 1.52 bits per heavy atom. The summed E-state index contributed by atoms with van der Waals surface area (Å²) in [6, 6.07) is 3.36. The fraction of sp³-hybridized carbons (Fsp3) is 0.462. The summed E-state index contributed by atoms with van der Waals surface area (Å²) >= 11 is 0. The molecular formula is C13H16ClF3N2O2. The first kappa shape index (κ1) is 17.6. The van der Waals surface area contributed by atoms with Gasteiger partial charge in [-0.25, -0.2) is 13.2 Å². The molecule has 2 rings (SSSR count). The van der Waals surface area contributed by atoms with E-state index in [9.17, 15) is 18.0 Å². The van der Waals surface area contributed by atoms with Crippen LogP contribution in [0, 0.1) is 5.82 Å². The number of methoxy groups -OCH3 is 1. The number of rotatable bonds is 4. The Labute approximate surface area is 126 Å². The van der Waals surface area contributed by atoms with E-state index in [-0.39, 0.29) is 24.7 Å². The van der Waals surface area contributed by atoms with Crippen LogP contribution in [-0.4, -0.2) is 31.5 Å². The summed E-state index contributed by atoms with van der Waals surface area (Å²) in [7, 11) is 1.35. The molecular weight excluding hydrogens is 309 g/mol. The van der Waals surface area contributed by atoms with E-state index in [4.69, 9.17) is 4.74 Å². The van der Waals surface area contributed by atoms with Crippen LogP contribution in [0.5, 0.6) is 5.75 Å². The number of halogens is 4. The summed E-state index contributed by atoms with van der Waals surface area (Å²) < 4.78 is 44.1. The van der Waals surface area contributed by atoms with Crippen molar-refractivity contribution in [2.75, 3.05) is 13.7 Å². The van der Waals surface area contributed by atoms with E-state index in [0.29, 0.717) is 5.56 Å². The number of amides is 1. The SMILES string of the molecule is COc1ccc(CNC(=O)C2CC(F)(F)CN2)cc1F.Cl. The van der Waals surface area contributed by atoms with Crippen LogP contribution in [0.1, 0.15) is 12.0 Å². The van der Waals surface area contributed by atoms with E-state index in [1.54, 1.807) is 6.07 Å². The second kappa shape index (κ2) is 7.00. The van der Waals surface area contributed by atoms with Gasteiger partial charge in [0.25, 0.3) is 5.92 Å². The number of carbonyl (C=O) groups excluding carboxylic acids is 1. The molecule has 0 bridgehead atoms. The predicted octanol–water partition coefficient (Wildman–Crippen LogP) is 1.87. The molecule has 0 saturated carbocycles. The molecule has 1 unspecified atom stereocenters. The third kappa shape index (κ3) is 4.50. The van der Waals surface area contributed by atoms with Crippen LogP contribution >= 0.6 is 12.4 Å². The van der Waals surface area contributed by atoms with Crippen molar-refractivity contribution in [3.8, 4) is 5.75 Å². The molecule has 0 radical (unpaired) electrons. The zero-order chi connectivity index (χ0) is 14.8. The second-order valence-corrected chi connectivity index (χ2v) is 4.68. The molecule has 118 valence electrons. The van der Waals surface area contributed by atoms with Crippen molar-refractivity contribution in [3.05, 3.63) is 29.6 Å². The lowest BCUT2D eigenvalue weighted by Gasteiger charge is -2.11. The smallest absolute Gasteiger partial charge is 0.262 e. The van der Waals surface area contributed by atoms with E-state index in [2.05, 4.69) is 10.6 Å². The molecule has 4 nitrogen and oxygen atoms in total. The van der Waals surface area contributed by atoms with Crippen LogP contribution in [0.4, 0.5) is 13.2 Å². The minimum Gasteiger partial charge on any atom is -0.494 e. The van der Waals surface area contributed by atoms with E-state index in [0.717, 1.165) is 0 Å². The molecule has 1 fully saturated rings. The molecule has 1 saturated heterocycles. The van der Waals surface area contributed by atoms with Crippen LogP contribution in [0.3, 0.4) is 0 Å². The molecule has 0 aromatic heterocycles. The lowest BCUT2D eigenvalue weighted by molar-refractivity contribution is -0.123. The minimum absolute atomic E-state index is 0. The highest BCUT2D eigenvalue weighted by molar-refractivity contribution is 5.85. The number of benzene rings is 1. The van der Waals surface area contributed by atoms with Crippen molar-refractivity contribution < 1.29 is 22.7 Å². The Kier molecular flexibility index (Phi) is 5.86. The van der Waals surface area contributed by atoms with Crippen molar-refractivity contribution >= 4 is 18.3 Å². The van der Waals surface area contributed by atoms with Gasteiger partial charge in [0.15, 0.2) is 11.6 Å². The third-order valence-corrected chi connectivity index (χ3v) is 3.11. The van der Waals surface area contributed by atoms with Gasteiger partial charge in [0.1, 0.15) is 0 Å². The Balaban J connectivity index is 0.00000220. The van der Waals surface area contributed by atoms with E-state index < -0.39 is 36.7 Å². The van der Waals surface area contributed by atoms with Crippen LogP contribution in [0.2, 0.25) is 0 Å². The number of alkyl halides is 2. The predicted molar refractivity (Wildman–Crippen MR) is 73.4 cm³/mol. The molecule has 8 heteroatoms. The maximum absolute atomic E-state index is 13.4. The topological polar surface area (TPSA) is 50.4 Å². The zero-order valence-corrected chi connectivity index (χ0v) is 12.1. The molecule has 1 atom stereocenters. The second-order valence-electron chi connectivity index (χ2n) is 4.68. The number of nitrogens with one attached hydrogen (secondary N) is 2. The minimum atomic E-state index is -2.85. The van der Waals surface area contributed by atoms with E-state index in [1.165, 1.54) is 19.2 Å². The monoisotopic (exact) mass is 324 g/mol. The van der Waals surface area contributed by atoms with Gasteiger partial charge < -0.3 is 10.1 Å². The third-order valence-electron chi connectivity index (χ3n) is 3.11. The fourth-order valence-corrected chi connectivity index (χ4v) is 2.03. The molecule has 2 N–H and O–H groups in total. The van der Waals surface area contributed by atoms with Gasteiger partial charge in [-0.1, -0.05) is 6.07 Å². The molecule has 1 amide bonds. The van der Waals surface area contributed by atoms with Crippen LogP contribution in [-0.2, 0) is 11.3 Å². The van der Waals surface area contributed by atoms with Crippen molar-refractivity contribution in [2.45, 2.75) is 24.9 Å². The average molecular weight is 325 g/mol. The van der Waals surface area contributed by atoms with Gasteiger partial charge >= 0.3 is 0 Å². The van der Waals surface area contributed by atoms with Gasteiger partial charge in [-0.2, -0.15) is 0 Å². The summed E-state index contributed by atoms with van der Waals surface area (Å²) in [6.45, 7) is -0.425. The highest BCUT2D eigenvalue weighted by atomic mass is 35.5. The van der Waals surface area contributed by atoms with Gasteiger partial charge in [0.05, 0.1) is 19.7 Å². The van der Waals surface area contributed by atoms with Crippen LogP contribution in [0.25, 0.3) is 0 Å². The number of hydrogen-bond acceptors (Lipinski definition) is 3. The summed E-state index contributed by atoms with van der Waals surface area (Å²) in [5, 5.41) is 4.96. The molecule has 21 heavy (non-hydrogen) atoms. The van der Waals surface area contributed by atoms with Gasteiger partial charge in [-0.3, -0.25) is 10.1 Å². The molecule has 0 aliphatic carbocycles. The summed E-state index contributed by atoms with van der Waals surface area (Å²) in [5.41, 5.74) is 0.529. The molecule has 1 heterocycles. The maximum Gasteiger partial charge on any atom is 0.262 e. The van der Waals surface area contributed by atoms with Gasteiger partial charge in [-0.15, -0.1) is 12.4 Å². The number of ether oxygens (including phenoxy) is 1. The van der Waals surface area contributed by atoms with Gasteiger partial charge in [-0.05, 0) is 17.7 Å². The summed E-state index contributed by atoms with van der Waals surface area (Å²) in [5.74, 6) is -3.80. The van der Waals surface area contributed by atoms with Crippen LogP contribution < -0.4 is 15.4 Å². The number of carbonyl (C=O) groups is 1. The zero-order valence-electron chi connectivity index (χ0n) is 11.3. The first-order valence-corrected chi connectivity index (χ1v) is 6.12. The Bertz CT molecular complexity index is 514. The van der Waals surface area contributed by atoms with Crippen LogP contribution in [0.15, 0.2) is 18.2 Å². The molecule has 0 spiro atoms. The maximum atomic E-state index is 13.4. The van der Waals surface area contributed by atoms with Gasteiger partial charge in [0, 0.05) is 13.0 Å². The molecule has 1 aromatic carbocycles. The quantitative estimate of drug-likeness (QED) is 0.889. The molecule has 1 aliphatic heterocycles. The Morgan fingerprint density at radius 3 is 2.76 bits per heavy atom. The van der Waals surface area contributed by atoms with Crippen molar-refractivity contribution in [2.24, 2.45) is 0 Å². The lowest BCUT2D eigenvalue weighted by atomic mass is 10.1. The summed E-state index contributed by atoms with van der Waals surface area (Å²) in [6.07, 6.45) is -0.518. The normalized spacial score (nSPS) is 19.7. The van der Waals surface area contributed by atoms with E-state index in [1.807, 2.05) is 0 Å². The first-order chi connectivity index (χ1) is 9.41.